The summed E-state index contributed by atoms with van der Waals surface area (Å²) in [6, 6.07) is 0.401. The predicted molar refractivity (Wildman–Crippen MR) is 76.1 cm³/mol. The molecule has 1 aromatic rings. The summed E-state index contributed by atoms with van der Waals surface area (Å²) in [6.45, 7) is 0. The number of carbonyl (C=O) groups is 1. The zero-order valence-electron chi connectivity index (χ0n) is 13.2. The molecule has 0 bridgehead atoms. The summed E-state index contributed by atoms with van der Waals surface area (Å²) in [4.78, 5) is 14.9. The largest absolute Gasteiger partial charge is 0.433 e. The van der Waals surface area contributed by atoms with Gasteiger partial charge in [0.25, 0.3) is 5.79 Å². The highest BCUT2D eigenvalue weighted by Gasteiger charge is 2.80. The zero-order chi connectivity index (χ0) is 18.8. The van der Waals surface area contributed by atoms with Gasteiger partial charge >= 0.3 is 12.1 Å². The number of hydrogen-bond acceptors (Lipinski definition) is 7. The molecule has 136 valence electrons. The third-order valence-corrected chi connectivity index (χ3v) is 5.12. The summed E-state index contributed by atoms with van der Waals surface area (Å²) in [7, 11) is -1.62. The van der Waals surface area contributed by atoms with E-state index in [1.807, 2.05) is 0 Å². The number of halogens is 3. The maximum Gasteiger partial charge on any atom is 0.433 e. The highest BCUT2D eigenvalue weighted by atomic mass is 32.2. The standard InChI is InChI=1S/C13H12F3N3O5S/c1-19-10(20)12(23-2)11(24-12,6-18-19)7-5-17-9(13(14,15)16)4-8(7)25(3,21)22/h4-6H,1-3H3. The van der Waals surface area contributed by atoms with Crippen molar-refractivity contribution in [1.82, 2.24) is 9.99 Å². The van der Waals surface area contributed by atoms with E-state index in [4.69, 9.17) is 9.47 Å². The SMILES string of the molecule is COC12OC1(c1cnc(C(F)(F)F)cc1S(C)(=O)=O)C=NN(C)C2=O. The van der Waals surface area contributed by atoms with Crippen LogP contribution in [-0.2, 0) is 35.9 Å². The molecule has 25 heavy (non-hydrogen) atoms. The second kappa shape index (κ2) is 4.99. The van der Waals surface area contributed by atoms with Crippen molar-refractivity contribution >= 4 is 22.0 Å². The molecule has 0 aromatic carbocycles. The lowest BCUT2D eigenvalue weighted by atomic mass is 9.93. The average molecular weight is 379 g/mol. The van der Waals surface area contributed by atoms with Gasteiger partial charge < -0.3 is 9.47 Å². The minimum Gasteiger partial charge on any atom is -0.343 e. The number of amides is 1. The van der Waals surface area contributed by atoms with Gasteiger partial charge in [0.2, 0.25) is 5.60 Å². The number of rotatable bonds is 3. The zero-order valence-corrected chi connectivity index (χ0v) is 14.0. The number of sulfone groups is 1. The average Bonchev–Trinajstić information content (AvgIpc) is 3.21. The van der Waals surface area contributed by atoms with Crippen LogP contribution in [0.15, 0.2) is 22.3 Å². The smallest absolute Gasteiger partial charge is 0.343 e. The minimum atomic E-state index is -4.84. The van der Waals surface area contributed by atoms with Gasteiger partial charge in [-0.05, 0) is 6.07 Å². The number of likely N-dealkylation sites (N-methyl/N-ethyl adjacent to an activating group) is 1. The van der Waals surface area contributed by atoms with Gasteiger partial charge in [-0.2, -0.15) is 18.3 Å². The van der Waals surface area contributed by atoms with Crippen LogP contribution in [0, 0.1) is 0 Å². The molecular weight excluding hydrogens is 367 g/mol. The van der Waals surface area contributed by atoms with E-state index < -0.39 is 43.9 Å². The number of methoxy groups -OCH3 is 1. The first-order valence-electron chi connectivity index (χ1n) is 6.75. The summed E-state index contributed by atoms with van der Waals surface area (Å²) < 4.78 is 73.3. The number of ether oxygens (including phenoxy) is 2. The highest BCUT2D eigenvalue weighted by Crippen LogP contribution is 2.58. The van der Waals surface area contributed by atoms with E-state index in [-0.39, 0.29) is 5.56 Å². The third-order valence-electron chi connectivity index (χ3n) is 3.98. The molecule has 0 N–H and O–H groups in total. The Hall–Kier alpha value is -2.05. The van der Waals surface area contributed by atoms with Crippen LogP contribution in [0.5, 0.6) is 0 Å². The molecule has 12 heteroatoms. The Bertz CT molecular complexity index is 901. The number of nitrogens with zero attached hydrogens (tertiary/aromatic N) is 3. The second-order valence-electron chi connectivity index (χ2n) is 5.57. The maximum absolute atomic E-state index is 12.9. The van der Waals surface area contributed by atoms with E-state index in [9.17, 15) is 26.4 Å². The van der Waals surface area contributed by atoms with Crippen LogP contribution >= 0.6 is 0 Å². The molecule has 2 aliphatic heterocycles. The Morgan fingerprint density at radius 3 is 2.52 bits per heavy atom. The van der Waals surface area contributed by atoms with Crippen LogP contribution in [0.3, 0.4) is 0 Å². The van der Waals surface area contributed by atoms with Gasteiger partial charge in [0.15, 0.2) is 9.84 Å². The van der Waals surface area contributed by atoms with Crippen molar-refractivity contribution < 1.29 is 35.9 Å². The number of epoxide rings is 1. The van der Waals surface area contributed by atoms with Gasteiger partial charge in [0, 0.05) is 32.2 Å². The Morgan fingerprint density at radius 2 is 2.00 bits per heavy atom. The van der Waals surface area contributed by atoms with Gasteiger partial charge in [-0.15, -0.1) is 0 Å². The first-order valence-corrected chi connectivity index (χ1v) is 8.64. The first kappa shape index (κ1) is 17.8. The van der Waals surface area contributed by atoms with Crippen LogP contribution in [0.1, 0.15) is 11.3 Å². The van der Waals surface area contributed by atoms with Crippen molar-refractivity contribution in [3.05, 3.63) is 23.5 Å². The van der Waals surface area contributed by atoms with Crippen molar-refractivity contribution in [1.29, 1.82) is 0 Å². The molecule has 1 amide bonds. The molecule has 1 fully saturated rings. The third kappa shape index (κ3) is 2.35. The molecule has 2 atom stereocenters. The predicted octanol–water partition coefficient (Wildman–Crippen LogP) is 0.530. The van der Waals surface area contributed by atoms with Crippen molar-refractivity contribution in [2.24, 2.45) is 5.10 Å². The number of hydrazone groups is 1. The number of aromatic nitrogens is 1. The van der Waals surface area contributed by atoms with E-state index in [1.54, 1.807) is 0 Å². The molecular formula is C13H12F3N3O5S. The van der Waals surface area contributed by atoms with Crippen LogP contribution in [0.4, 0.5) is 13.2 Å². The second-order valence-corrected chi connectivity index (χ2v) is 7.55. The lowest BCUT2D eigenvalue weighted by molar-refractivity contribution is -0.153. The molecule has 1 saturated heterocycles. The fourth-order valence-corrected chi connectivity index (χ4v) is 3.64. The highest BCUT2D eigenvalue weighted by molar-refractivity contribution is 7.90. The molecule has 1 aromatic heterocycles. The van der Waals surface area contributed by atoms with Crippen LogP contribution in [0.25, 0.3) is 0 Å². The van der Waals surface area contributed by atoms with Gasteiger partial charge in [-0.1, -0.05) is 0 Å². The fraction of sp³-hybridized carbons (Fsp3) is 0.462. The van der Waals surface area contributed by atoms with Crippen molar-refractivity contribution in [3.63, 3.8) is 0 Å². The monoisotopic (exact) mass is 379 g/mol. The molecule has 0 radical (unpaired) electrons. The summed E-state index contributed by atoms with van der Waals surface area (Å²) in [5.41, 5.74) is -3.40. The van der Waals surface area contributed by atoms with E-state index in [2.05, 4.69) is 10.1 Å². The lowest BCUT2D eigenvalue weighted by Gasteiger charge is -2.24. The molecule has 8 nitrogen and oxygen atoms in total. The molecule has 0 saturated carbocycles. The summed E-state index contributed by atoms with van der Waals surface area (Å²) in [5, 5.41) is 4.70. The number of fused-ring (bicyclic) bond motifs is 1. The molecule has 2 unspecified atom stereocenters. The Labute approximate surface area is 140 Å². The maximum atomic E-state index is 12.9. The Morgan fingerprint density at radius 1 is 1.36 bits per heavy atom. The van der Waals surface area contributed by atoms with E-state index in [0.717, 1.165) is 24.6 Å². The molecule has 3 rings (SSSR count). The summed E-state index contributed by atoms with van der Waals surface area (Å²) in [6.07, 6.45) is -2.27. The van der Waals surface area contributed by atoms with Crippen molar-refractivity contribution in [2.75, 3.05) is 20.4 Å². The first-order chi connectivity index (χ1) is 11.4. The normalized spacial score (nSPS) is 28.9. The topological polar surface area (TPSA) is 101 Å². The minimum absolute atomic E-state index is 0.255. The van der Waals surface area contributed by atoms with Gasteiger partial charge in [0.05, 0.1) is 11.1 Å². The van der Waals surface area contributed by atoms with Crippen molar-refractivity contribution in [2.45, 2.75) is 22.5 Å². The van der Waals surface area contributed by atoms with Crippen LogP contribution in [-0.4, -0.2) is 56.7 Å². The lowest BCUT2D eigenvalue weighted by Crippen LogP contribution is -2.46. The number of carbonyl (C=O) groups excluding carboxylic acids is 1. The van der Waals surface area contributed by atoms with E-state index in [0.29, 0.717) is 12.3 Å². The molecule has 2 aliphatic rings. The van der Waals surface area contributed by atoms with Crippen LogP contribution < -0.4 is 0 Å². The molecule has 3 heterocycles. The van der Waals surface area contributed by atoms with Crippen LogP contribution in [0.2, 0.25) is 0 Å². The molecule has 0 spiro atoms. The number of hydrogen-bond donors (Lipinski definition) is 0. The van der Waals surface area contributed by atoms with Gasteiger partial charge in [-0.3, -0.25) is 9.78 Å². The van der Waals surface area contributed by atoms with Gasteiger partial charge in [-0.25, -0.2) is 13.4 Å². The number of pyridine rings is 1. The van der Waals surface area contributed by atoms with Crippen molar-refractivity contribution in [3.8, 4) is 0 Å². The Kier molecular flexibility index (Phi) is 3.54. The van der Waals surface area contributed by atoms with E-state index in [1.165, 1.54) is 7.05 Å². The molecule has 0 aliphatic carbocycles. The summed E-state index contributed by atoms with van der Waals surface area (Å²) in [5.74, 6) is -2.62. The van der Waals surface area contributed by atoms with Gasteiger partial charge in [0.1, 0.15) is 5.69 Å². The number of alkyl halides is 3. The Balaban J connectivity index is 2.26. The van der Waals surface area contributed by atoms with E-state index >= 15 is 0 Å². The summed E-state index contributed by atoms with van der Waals surface area (Å²) >= 11 is 0. The quantitative estimate of drug-likeness (QED) is 0.710. The fourth-order valence-electron chi connectivity index (χ4n) is 2.71.